The van der Waals surface area contributed by atoms with Crippen molar-refractivity contribution in [2.45, 2.75) is 83.6 Å². The van der Waals surface area contributed by atoms with Crippen molar-refractivity contribution in [1.82, 2.24) is 18.7 Å². The lowest BCUT2D eigenvalue weighted by atomic mass is 10.1. The molecule has 16 nitrogen and oxygen atoms in total. The molecule has 1 saturated heterocycles. The summed E-state index contributed by atoms with van der Waals surface area (Å²) in [4.78, 5) is 36.9. The maximum atomic E-state index is 12.8. The van der Waals surface area contributed by atoms with E-state index >= 15 is 0 Å². The highest BCUT2D eigenvalue weighted by Crippen LogP contribution is 2.51. The molecule has 0 spiro atoms. The highest BCUT2D eigenvalue weighted by molar-refractivity contribution is 7.94. The lowest BCUT2D eigenvalue weighted by molar-refractivity contribution is -0.0788. The Labute approximate surface area is 253 Å². The molecule has 0 amide bonds. The molecule has 43 heavy (non-hydrogen) atoms. The van der Waals surface area contributed by atoms with Crippen LogP contribution in [0.25, 0.3) is 0 Å². The number of nitriles is 1. The van der Waals surface area contributed by atoms with Crippen molar-refractivity contribution in [1.29, 1.82) is 5.26 Å². The fraction of sp³-hybridized carbons (Fsp3) is 0.792. The zero-order valence-corrected chi connectivity index (χ0v) is 27.8. The maximum Gasteiger partial charge on any atom is 0.330 e. The fourth-order valence-corrected chi connectivity index (χ4v) is 9.39. The van der Waals surface area contributed by atoms with Gasteiger partial charge in [-0.2, -0.15) is 5.26 Å². The molecule has 1 aromatic heterocycles. The van der Waals surface area contributed by atoms with E-state index in [1.54, 1.807) is 4.49 Å². The molecule has 3 N–H and O–H groups in total. The minimum Gasteiger partial charge on any atom is -0.382 e. The number of nitrogens with one attached hydrogen (secondary N) is 2. The molecule has 2 unspecified atom stereocenters. The Morgan fingerprint density at radius 1 is 1.23 bits per heavy atom. The van der Waals surface area contributed by atoms with E-state index in [4.69, 9.17) is 28.5 Å². The van der Waals surface area contributed by atoms with Crippen LogP contribution in [0.1, 0.15) is 53.2 Å². The molecule has 1 aliphatic rings. The van der Waals surface area contributed by atoms with Crippen LogP contribution in [0.2, 0.25) is 0 Å². The Hall–Kier alpha value is -1.54. The van der Waals surface area contributed by atoms with Crippen molar-refractivity contribution in [3.8, 4) is 6.07 Å². The normalized spacial score (nSPS) is 23.1. The molecule has 0 radical (unpaired) electrons. The summed E-state index contributed by atoms with van der Waals surface area (Å²) in [7, 11) is -8.47. The topological polar surface area (TPSA) is 212 Å². The van der Waals surface area contributed by atoms with E-state index in [2.05, 4.69) is 4.98 Å². The van der Waals surface area contributed by atoms with Gasteiger partial charge >= 0.3 is 5.69 Å². The summed E-state index contributed by atoms with van der Waals surface area (Å²) in [5, 5.41) is 9.09. The Morgan fingerprint density at radius 3 is 2.47 bits per heavy atom. The monoisotopic (exact) mass is 671 g/mol. The number of rotatable bonds is 19. The van der Waals surface area contributed by atoms with Crippen molar-refractivity contribution >= 4 is 26.1 Å². The molecule has 0 aliphatic carbocycles. The fourth-order valence-electron chi connectivity index (χ4n) is 4.57. The first kappa shape index (κ1) is 37.6. The van der Waals surface area contributed by atoms with Gasteiger partial charge in [-0.1, -0.05) is 0 Å². The first-order chi connectivity index (χ1) is 20.1. The zero-order chi connectivity index (χ0) is 32.4. The molecule has 19 heteroatoms. The summed E-state index contributed by atoms with van der Waals surface area (Å²) in [6, 6.07) is 3.16. The second-order valence-electron chi connectivity index (χ2n) is 10.5. The van der Waals surface area contributed by atoms with Crippen LogP contribution in [-0.4, -0.2) is 97.3 Å². The van der Waals surface area contributed by atoms with Crippen molar-refractivity contribution in [3.63, 3.8) is 0 Å². The number of hydrogen-bond donors (Lipinski definition) is 3. The van der Waals surface area contributed by atoms with Gasteiger partial charge in [-0.3, -0.25) is 18.9 Å². The van der Waals surface area contributed by atoms with Crippen LogP contribution in [-0.2, 0) is 37.8 Å². The van der Waals surface area contributed by atoms with Crippen LogP contribution >= 0.6 is 16.0 Å². The summed E-state index contributed by atoms with van der Waals surface area (Å²) in [5.41, 5.74) is -1.34. The SMILES string of the molecule is COCCO[C@@H]1[C@H](OP(OCCC#N)N(C(C)C)C(C)C)[C@@H](CCCP(=O)(O)NS(C)(=O)=O)O[C@H]1n1ccc(=O)[nH]c1=O. The van der Waals surface area contributed by atoms with Crippen LogP contribution in [0.15, 0.2) is 21.9 Å². The van der Waals surface area contributed by atoms with Gasteiger partial charge in [0, 0.05) is 37.6 Å². The van der Waals surface area contributed by atoms with Gasteiger partial charge in [0.05, 0.1) is 44.7 Å². The quantitative estimate of drug-likeness (QED) is 0.141. The molecule has 2 rings (SSSR count). The number of aromatic nitrogens is 2. The number of ether oxygens (including phenoxy) is 3. The minimum absolute atomic E-state index is 0.0261. The molecule has 1 fully saturated rings. The van der Waals surface area contributed by atoms with E-state index in [-0.39, 0.29) is 57.3 Å². The number of methoxy groups -OCH3 is 1. The predicted octanol–water partition coefficient (Wildman–Crippen LogP) is 1.64. The largest absolute Gasteiger partial charge is 0.382 e. The second-order valence-corrected chi connectivity index (χ2v) is 16.0. The molecule has 0 bridgehead atoms. The van der Waals surface area contributed by atoms with Crippen LogP contribution < -0.4 is 15.7 Å². The molecular formula is C24H43N5O11P2S. The molecule has 0 saturated carbocycles. The predicted molar refractivity (Wildman–Crippen MR) is 159 cm³/mol. The second kappa shape index (κ2) is 17.2. The van der Waals surface area contributed by atoms with Gasteiger partial charge in [0.25, 0.3) is 21.6 Å². The number of hydrogen-bond acceptors (Lipinski definition) is 12. The maximum absolute atomic E-state index is 12.8. The lowest BCUT2D eigenvalue weighted by Gasteiger charge is -2.38. The van der Waals surface area contributed by atoms with Gasteiger partial charge in [-0.25, -0.2) is 17.9 Å². The Morgan fingerprint density at radius 2 is 1.91 bits per heavy atom. The number of H-pyrrole nitrogens is 1. The van der Waals surface area contributed by atoms with E-state index in [0.29, 0.717) is 0 Å². The van der Waals surface area contributed by atoms with Gasteiger partial charge in [0.15, 0.2) is 6.23 Å². The zero-order valence-electron chi connectivity index (χ0n) is 25.2. The van der Waals surface area contributed by atoms with Gasteiger partial charge in [0.1, 0.15) is 12.2 Å². The summed E-state index contributed by atoms with van der Waals surface area (Å²) in [5.74, 6) is 0. The average Bonchev–Trinajstić information content (AvgIpc) is 3.18. The van der Waals surface area contributed by atoms with E-state index in [1.165, 1.54) is 17.9 Å². The smallest absolute Gasteiger partial charge is 0.330 e. The van der Waals surface area contributed by atoms with Gasteiger partial charge in [-0.15, -0.1) is 4.49 Å². The third-order valence-electron chi connectivity index (χ3n) is 6.14. The van der Waals surface area contributed by atoms with E-state index in [9.17, 15) is 27.5 Å². The van der Waals surface area contributed by atoms with E-state index < -0.39 is 61.9 Å². The molecule has 246 valence electrons. The lowest BCUT2D eigenvalue weighted by Crippen LogP contribution is -2.42. The van der Waals surface area contributed by atoms with Crippen LogP contribution in [0.3, 0.4) is 0 Å². The number of nitrogens with zero attached hydrogens (tertiary/aromatic N) is 3. The Balaban J connectivity index is 2.51. The van der Waals surface area contributed by atoms with Crippen LogP contribution in [0.5, 0.6) is 0 Å². The van der Waals surface area contributed by atoms with E-state index in [0.717, 1.165) is 12.3 Å². The molecule has 1 aliphatic heterocycles. The molecule has 2 heterocycles. The average molecular weight is 672 g/mol. The molecule has 1 aromatic rings. The molecule has 6 atom stereocenters. The summed E-state index contributed by atoms with van der Waals surface area (Å²) in [6.45, 7) is 8.29. The molecular weight excluding hydrogens is 628 g/mol. The van der Waals surface area contributed by atoms with Gasteiger partial charge < -0.3 is 28.2 Å². The number of aromatic amines is 1. The molecule has 0 aromatic carbocycles. The Kier molecular flexibility index (Phi) is 15.1. The summed E-state index contributed by atoms with van der Waals surface area (Å²) < 4.78 is 70.8. The van der Waals surface area contributed by atoms with Crippen molar-refractivity contribution in [2.24, 2.45) is 0 Å². The van der Waals surface area contributed by atoms with Crippen molar-refractivity contribution < 1.29 is 41.1 Å². The van der Waals surface area contributed by atoms with Crippen LogP contribution in [0, 0.1) is 11.3 Å². The van der Waals surface area contributed by atoms with Crippen LogP contribution in [0.4, 0.5) is 0 Å². The highest BCUT2D eigenvalue weighted by Gasteiger charge is 2.49. The van der Waals surface area contributed by atoms with Crippen molar-refractivity contribution in [2.75, 3.05) is 39.3 Å². The number of sulfonamides is 1. The van der Waals surface area contributed by atoms with Gasteiger partial charge in [0.2, 0.25) is 10.0 Å². The summed E-state index contributed by atoms with van der Waals surface area (Å²) in [6.07, 6.45) is -1.75. The Bertz CT molecular complexity index is 1330. The highest BCUT2D eigenvalue weighted by atomic mass is 32.2. The summed E-state index contributed by atoms with van der Waals surface area (Å²) >= 11 is 0. The first-order valence-corrected chi connectivity index (χ1v) is 18.6. The first-order valence-electron chi connectivity index (χ1n) is 13.7. The third-order valence-corrected chi connectivity index (χ3v) is 11.7. The minimum atomic E-state index is -4.24. The van der Waals surface area contributed by atoms with Crippen molar-refractivity contribution in [3.05, 3.63) is 33.1 Å². The van der Waals surface area contributed by atoms with E-state index in [1.807, 2.05) is 38.4 Å². The van der Waals surface area contributed by atoms with Gasteiger partial charge in [-0.05, 0) is 40.5 Å². The third kappa shape index (κ3) is 12.1. The standard InChI is InChI=1S/C24H43N5O11P2S/c1-17(2)29(18(3)4)41(38-13-8-11-25)40-21-19(9-7-16-42(32,33)27-43(6,34)35)39-23(22(21)37-15-14-36-5)28-12-10-20(30)26-24(28)31/h10,12,17-19,21-23H,7-9,13-16H2,1-6H3,(H,26,30,31)(H2,27,32,33)/t19-,21-,22-,23-,41?/m1/s1.